The number of thiophene rings is 1. The normalized spacial score (nSPS) is 22.1. The number of nitrogens with zero attached hydrogens (tertiary/aromatic N) is 3. The molecule has 37 heavy (non-hydrogen) atoms. The maximum Gasteiger partial charge on any atom is 0.261 e. The van der Waals surface area contributed by atoms with Crippen molar-refractivity contribution in [2.24, 2.45) is 17.8 Å². The van der Waals surface area contributed by atoms with Crippen LogP contribution in [0.3, 0.4) is 0 Å². The Morgan fingerprint density at radius 3 is 2.51 bits per heavy atom. The number of hydrogen-bond acceptors (Lipinski definition) is 7. The van der Waals surface area contributed by atoms with Gasteiger partial charge in [0, 0.05) is 32.3 Å². The van der Waals surface area contributed by atoms with Gasteiger partial charge in [0.2, 0.25) is 0 Å². The second kappa shape index (κ2) is 10.5. The second-order valence-electron chi connectivity index (χ2n) is 10.6. The number of nitrogens with one attached hydrogen (secondary N) is 1. The third-order valence-corrected chi connectivity index (χ3v) is 10.6. The Hall–Kier alpha value is -2.78. The number of hydrogen-bond donors (Lipinski definition) is 1. The molecule has 5 rings (SSSR count). The van der Waals surface area contributed by atoms with E-state index in [2.05, 4.69) is 28.4 Å². The van der Waals surface area contributed by atoms with Gasteiger partial charge in [0.1, 0.15) is 10.0 Å². The molecule has 1 aromatic carbocycles. The molecule has 2 aromatic heterocycles. The molecule has 3 aromatic rings. The van der Waals surface area contributed by atoms with E-state index in [9.17, 15) is 13.2 Å². The molecule has 0 spiro atoms. The highest BCUT2D eigenvalue weighted by molar-refractivity contribution is 7.92. The zero-order valence-corrected chi connectivity index (χ0v) is 23.2. The van der Waals surface area contributed by atoms with Gasteiger partial charge in [-0.05, 0) is 86.1 Å². The fourth-order valence-electron chi connectivity index (χ4n) is 5.64. The van der Waals surface area contributed by atoms with Crippen LogP contribution in [0.15, 0.2) is 46.7 Å². The minimum absolute atomic E-state index is 0.183. The molecule has 1 saturated carbocycles. The van der Waals surface area contributed by atoms with Crippen molar-refractivity contribution in [2.45, 2.75) is 42.7 Å². The Labute approximate surface area is 222 Å². The summed E-state index contributed by atoms with van der Waals surface area (Å²) in [4.78, 5) is 24.8. The fraction of sp³-hybridized carbons (Fsp3) is 0.464. The van der Waals surface area contributed by atoms with Gasteiger partial charge >= 0.3 is 0 Å². The summed E-state index contributed by atoms with van der Waals surface area (Å²) in [5, 5.41) is 4.10. The third kappa shape index (κ3) is 5.72. The highest BCUT2D eigenvalue weighted by Crippen LogP contribution is 2.42. The van der Waals surface area contributed by atoms with Crippen LogP contribution in [0.1, 0.15) is 54.0 Å². The van der Waals surface area contributed by atoms with Gasteiger partial charge in [-0.15, -0.1) is 11.3 Å². The Balaban J connectivity index is 1.17. The molecule has 1 amide bonds. The Kier molecular flexibility index (Phi) is 7.36. The molecule has 0 radical (unpaired) electrons. The largest absolute Gasteiger partial charge is 0.362 e. The number of carbonyl (C=O) groups is 1. The molecule has 7 nitrogen and oxygen atoms in total. The van der Waals surface area contributed by atoms with E-state index in [1.54, 1.807) is 6.07 Å². The van der Waals surface area contributed by atoms with E-state index in [4.69, 9.17) is 9.97 Å². The van der Waals surface area contributed by atoms with Crippen molar-refractivity contribution in [1.29, 1.82) is 0 Å². The molecule has 196 valence electrons. The van der Waals surface area contributed by atoms with Crippen molar-refractivity contribution in [3.8, 4) is 0 Å². The van der Waals surface area contributed by atoms with Gasteiger partial charge in [0.05, 0.1) is 10.4 Å². The molecule has 2 aliphatic rings. The highest BCUT2D eigenvalue weighted by atomic mass is 32.2. The number of aromatic nitrogens is 2. The first-order valence-corrected chi connectivity index (χ1v) is 15.6. The van der Waals surface area contributed by atoms with E-state index in [0.717, 1.165) is 78.7 Å². The minimum Gasteiger partial charge on any atom is -0.362 e. The Morgan fingerprint density at radius 1 is 1.05 bits per heavy atom. The van der Waals surface area contributed by atoms with Crippen LogP contribution in [0.5, 0.6) is 0 Å². The van der Waals surface area contributed by atoms with Crippen molar-refractivity contribution in [3.05, 3.63) is 53.2 Å². The van der Waals surface area contributed by atoms with Crippen molar-refractivity contribution in [2.75, 3.05) is 31.8 Å². The topological polar surface area (TPSA) is 92.3 Å². The number of benzene rings is 1. The number of rotatable bonds is 7. The van der Waals surface area contributed by atoms with Crippen LogP contribution >= 0.6 is 11.3 Å². The van der Waals surface area contributed by atoms with Crippen LogP contribution < -0.4 is 10.2 Å². The summed E-state index contributed by atoms with van der Waals surface area (Å²) < 4.78 is 23.6. The Bertz CT molecular complexity index is 1440. The van der Waals surface area contributed by atoms with Gasteiger partial charge in [-0.1, -0.05) is 18.2 Å². The zero-order valence-electron chi connectivity index (χ0n) is 21.6. The molecule has 1 fully saturated rings. The van der Waals surface area contributed by atoms with Crippen LogP contribution in [-0.4, -0.2) is 51.2 Å². The summed E-state index contributed by atoms with van der Waals surface area (Å²) in [6, 6.07) is 11.3. The monoisotopic (exact) mass is 538 g/mol. The van der Waals surface area contributed by atoms with Crippen LogP contribution in [0.25, 0.3) is 16.5 Å². The van der Waals surface area contributed by atoms with Gasteiger partial charge in [-0.25, -0.2) is 18.4 Å². The molecular weight excluding hydrogens is 504 g/mol. The first kappa shape index (κ1) is 25.9. The van der Waals surface area contributed by atoms with Crippen molar-refractivity contribution in [1.82, 2.24) is 15.3 Å². The first-order chi connectivity index (χ1) is 17.7. The summed E-state index contributed by atoms with van der Waals surface area (Å²) >= 11 is 1.03. The van der Waals surface area contributed by atoms with E-state index in [1.165, 1.54) is 11.6 Å². The number of carbonyl (C=O) groups excluding carboxylic acids is 1. The smallest absolute Gasteiger partial charge is 0.261 e. The standard InChI is InChI=1S/C28H34N4O3S2/c1-32(2)27-22-6-4-5-7-23(22)30-26(31-27)21-13-12-20(16-21)19-10-8-18(9-11-19)17-29-28(33)24-14-15-25(36-24)37(3,34)35/h4-7,14-16,18-20H,8-13,17H2,1-3H3,(H,29,33)/t18?,19?,20-/m1/s1. The molecule has 0 saturated heterocycles. The maximum atomic E-state index is 12.5. The number of anilines is 1. The summed E-state index contributed by atoms with van der Waals surface area (Å²) in [7, 11) is 0.774. The van der Waals surface area contributed by atoms with Crippen molar-refractivity contribution in [3.63, 3.8) is 0 Å². The predicted octanol–water partition coefficient (Wildman–Crippen LogP) is 5.19. The van der Waals surface area contributed by atoms with E-state index in [1.807, 2.05) is 26.2 Å². The summed E-state index contributed by atoms with van der Waals surface area (Å²) in [6.07, 6.45) is 10.3. The SMILES string of the molecule is CN(C)c1nc(C2=C[C@H](C3CCC(CNC(=O)c4ccc(S(C)(=O)=O)s4)CC3)CC2)nc2ccccc12. The van der Waals surface area contributed by atoms with Gasteiger partial charge in [0.25, 0.3) is 5.91 Å². The summed E-state index contributed by atoms with van der Waals surface area (Å²) in [5.41, 5.74) is 2.25. The molecule has 2 aliphatic carbocycles. The lowest BCUT2D eigenvalue weighted by Gasteiger charge is -2.31. The Morgan fingerprint density at radius 2 is 1.81 bits per heavy atom. The lowest BCUT2D eigenvalue weighted by atomic mass is 9.75. The van der Waals surface area contributed by atoms with E-state index < -0.39 is 9.84 Å². The maximum absolute atomic E-state index is 12.5. The van der Waals surface area contributed by atoms with Gasteiger partial charge < -0.3 is 10.2 Å². The molecule has 1 N–H and O–H groups in total. The molecule has 0 aliphatic heterocycles. The fourth-order valence-corrected chi connectivity index (χ4v) is 7.48. The molecule has 9 heteroatoms. The molecule has 2 heterocycles. The number of para-hydroxylation sites is 1. The zero-order chi connectivity index (χ0) is 26.2. The van der Waals surface area contributed by atoms with Crippen LogP contribution in [0.4, 0.5) is 5.82 Å². The van der Waals surface area contributed by atoms with Crippen LogP contribution in [0.2, 0.25) is 0 Å². The van der Waals surface area contributed by atoms with E-state index in [0.29, 0.717) is 29.2 Å². The van der Waals surface area contributed by atoms with Gasteiger partial charge in [0.15, 0.2) is 15.7 Å². The lowest BCUT2D eigenvalue weighted by Crippen LogP contribution is -2.31. The summed E-state index contributed by atoms with van der Waals surface area (Å²) in [6.45, 7) is 0.641. The quantitative estimate of drug-likeness (QED) is 0.445. The molecule has 0 bridgehead atoms. The van der Waals surface area contributed by atoms with Crippen molar-refractivity contribution < 1.29 is 13.2 Å². The van der Waals surface area contributed by atoms with Crippen LogP contribution in [-0.2, 0) is 9.84 Å². The average Bonchev–Trinajstić information content (AvgIpc) is 3.58. The molecule has 1 atom stereocenters. The third-order valence-electron chi connectivity index (χ3n) is 7.67. The highest BCUT2D eigenvalue weighted by Gasteiger charge is 2.30. The van der Waals surface area contributed by atoms with Crippen LogP contribution in [0, 0.1) is 17.8 Å². The second-order valence-corrected chi connectivity index (χ2v) is 13.9. The minimum atomic E-state index is -3.28. The van der Waals surface area contributed by atoms with Crippen molar-refractivity contribution >= 4 is 49.4 Å². The lowest BCUT2D eigenvalue weighted by molar-refractivity contribution is 0.0943. The average molecular weight is 539 g/mol. The van der Waals surface area contributed by atoms with Gasteiger partial charge in [-0.3, -0.25) is 4.79 Å². The number of allylic oxidation sites excluding steroid dienone is 2. The van der Waals surface area contributed by atoms with Gasteiger partial charge in [-0.2, -0.15) is 0 Å². The van der Waals surface area contributed by atoms with E-state index in [-0.39, 0.29) is 10.1 Å². The summed E-state index contributed by atoms with van der Waals surface area (Å²) in [5.74, 6) is 3.32. The molecular formula is C28H34N4O3S2. The first-order valence-electron chi connectivity index (χ1n) is 12.9. The predicted molar refractivity (Wildman–Crippen MR) is 150 cm³/mol. The molecule has 0 unspecified atom stereocenters. The number of sulfone groups is 1. The number of fused-ring (bicyclic) bond motifs is 1. The number of amides is 1. The van der Waals surface area contributed by atoms with E-state index >= 15 is 0 Å².